The topological polar surface area (TPSA) is 26.3 Å². The highest BCUT2D eigenvalue weighted by Gasteiger charge is 2.23. The molecule has 0 aromatic heterocycles. The summed E-state index contributed by atoms with van der Waals surface area (Å²) in [5.41, 5.74) is 0.511. The third-order valence-electron chi connectivity index (χ3n) is 3.88. The standard InChI is InChI=1S/C16H28O2/c1-4-5-6-7-8-14-9-11-15(12-10-14)18-16(17)13(2)3/h14-15H,2,4-12H2,1,3H3. The van der Waals surface area contributed by atoms with Crippen molar-refractivity contribution < 1.29 is 9.53 Å². The summed E-state index contributed by atoms with van der Waals surface area (Å²) in [4.78, 5) is 11.4. The second-order valence-electron chi connectivity index (χ2n) is 5.68. The predicted octanol–water partition coefficient (Wildman–Crippen LogP) is 4.63. The van der Waals surface area contributed by atoms with Crippen LogP contribution in [0.5, 0.6) is 0 Å². The highest BCUT2D eigenvalue weighted by atomic mass is 16.5. The lowest BCUT2D eigenvalue weighted by molar-refractivity contribution is -0.146. The minimum atomic E-state index is -0.221. The van der Waals surface area contributed by atoms with Gasteiger partial charge in [-0.3, -0.25) is 0 Å². The Bertz CT molecular complexity index is 262. The van der Waals surface area contributed by atoms with Gasteiger partial charge >= 0.3 is 5.97 Å². The Morgan fingerprint density at radius 1 is 1.17 bits per heavy atom. The Hall–Kier alpha value is -0.790. The monoisotopic (exact) mass is 252 g/mol. The summed E-state index contributed by atoms with van der Waals surface area (Å²) in [6.45, 7) is 7.58. The van der Waals surface area contributed by atoms with E-state index in [0.717, 1.165) is 18.8 Å². The number of ether oxygens (including phenoxy) is 1. The fourth-order valence-corrected chi connectivity index (χ4v) is 2.65. The fraction of sp³-hybridized carbons (Fsp3) is 0.812. The van der Waals surface area contributed by atoms with Gasteiger partial charge in [0.25, 0.3) is 0 Å². The minimum absolute atomic E-state index is 0.140. The third kappa shape index (κ3) is 5.70. The maximum Gasteiger partial charge on any atom is 0.333 e. The van der Waals surface area contributed by atoms with E-state index in [1.807, 2.05) is 0 Å². The summed E-state index contributed by atoms with van der Waals surface area (Å²) in [6, 6.07) is 0. The zero-order valence-electron chi connectivity index (χ0n) is 12.0. The average Bonchev–Trinajstić information content (AvgIpc) is 2.36. The van der Waals surface area contributed by atoms with E-state index in [1.165, 1.54) is 44.9 Å². The molecule has 0 saturated heterocycles. The van der Waals surface area contributed by atoms with Crippen molar-refractivity contribution in [1.82, 2.24) is 0 Å². The van der Waals surface area contributed by atoms with E-state index in [4.69, 9.17) is 4.74 Å². The molecule has 0 aliphatic heterocycles. The van der Waals surface area contributed by atoms with Crippen LogP contribution in [0.15, 0.2) is 12.2 Å². The van der Waals surface area contributed by atoms with Gasteiger partial charge < -0.3 is 4.74 Å². The van der Waals surface area contributed by atoms with Crippen molar-refractivity contribution in [3.63, 3.8) is 0 Å². The first kappa shape index (κ1) is 15.3. The Morgan fingerprint density at radius 2 is 1.83 bits per heavy atom. The molecule has 0 atom stereocenters. The second-order valence-corrected chi connectivity index (χ2v) is 5.68. The van der Waals surface area contributed by atoms with Crippen LogP contribution >= 0.6 is 0 Å². The van der Waals surface area contributed by atoms with Crippen LogP contribution in [0.25, 0.3) is 0 Å². The molecule has 0 heterocycles. The van der Waals surface area contributed by atoms with Gasteiger partial charge in [-0.1, -0.05) is 45.6 Å². The molecule has 1 rings (SSSR count). The van der Waals surface area contributed by atoms with Gasteiger partial charge in [-0.15, -0.1) is 0 Å². The largest absolute Gasteiger partial charge is 0.459 e. The van der Waals surface area contributed by atoms with Crippen LogP contribution in [0, 0.1) is 5.92 Å². The molecule has 18 heavy (non-hydrogen) atoms. The van der Waals surface area contributed by atoms with Crippen molar-refractivity contribution in [3.8, 4) is 0 Å². The van der Waals surface area contributed by atoms with Gasteiger partial charge in [0.1, 0.15) is 6.10 Å². The van der Waals surface area contributed by atoms with Crippen LogP contribution in [0.4, 0.5) is 0 Å². The predicted molar refractivity (Wildman–Crippen MR) is 75.4 cm³/mol. The molecule has 2 nitrogen and oxygen atoms in total. The molecule has 0 amide bonds. The Kier molecular flexibility index (Phi) is 7.07. The first-order valence-corrected chi connectivity index (χ1v) is 7.50. The SMILES string of the molecule is C=C(C)C(=O)OC1CCC(CCCCCC)CC1. The smallest absolute Gasteiger partial charge is 0.333 e. The van der Waals surface area contributed by atoms with E-state index in [1.54, 1.807) is 6.92 Å². The van der Waals surface area contributed by atoms with Crippen LogP contribution in [-0.4, -0.2) is 12.1 Å². The summed E-state index contributed by atoms with van der Waals surface area (Å²) in [5, 5.41) is 0. The molecular weight excluding hydrogens is 224 g/mol. The van der Waals surface area contributed by atoms with Crippen molar-refractivity contribution in [2.45, 2.75) is 77.7 Å². The minimum Gasteiger partial charge on any atom is -0.459 e. The van der Waals surface area contributed by atoms with Gasteiger partial charge in [-0.05, 0) is 38.5 Å². The van der Waals surface area contributed by atoms with E-state index < -0.39 is 0 Å². The molecular formula is C16H28O2. The molecule has 0 aromatic carbocycles. The van der Waals surface area contributed by atoms with Crippen molar-refractivity contribution in [2.75, 3.05) is 0 Å². The molecule has 1 fully saturated rings. The van der Waals surface area contributed by atoms with Crippen LogP contribution in [0.2, 0.25) is 0 Å². The van der Waals surface area contributed by atoms with Crippen molar-refractivity contribution in [1.29, 1.82) is 0 Å². The molecule has 0 spiro atoms. The van der Waals surface area contributed by atoms with E-state index >= 15 is 0 Å². The molecule has 1 saturated carbocycles. The maximum atomic E-state index is 11.4. The van der Waals surface area contributed by atoms with Crippen molar-refractivity contribution >= 4 is 5.97 Å². The summed E-state index contributed by atoms with van der Waals surface area (Å²) in [5.74, 6) is 0.642. The van der Waals surface area contributed by atoms with E-state index in [2.05, 4.69) is 13.5 Å². The summed E-state index contributed by atoms with van der Waals surface area (Å²) in [7, 11) is 0. The summed E-state index contributed by atoms with van der Waals surface area (Å²) >= 11 is 0. The molecule has 1 aliphatic carbocycles. The van der Waals surface area contributed by atoms with Crippen molar-refractivity contribution in [2.24, 2.45) is 5.92 Å². The van der Waals surface area contributed by atoms with E-state index in [0.29, 0.717) is 5.57 Å². The molecule has 1 aliphatic rings. The first-order chi connectivity index (χ1) is 8.63. The number of hydrogen-bond donors (Lipinski definition) is 0. The molecule has 2 heteroatoms. The average molecular weight is 252 g/mol. The molecule has 0 N–H and O–H groups in total. The maximum absolute atomic E-state index is 11.4. The second kappa shape index (κ2) is 8.34. The number of esters is 1. The zero-order valence-corrected chi connectivity index (χ0v) is 12.0. The number of hydrogen-bond acceptors (Lipinski definition) is 2. The van der Waals surface area contributed by atoms with E-state index in [9.17, 15) is 4.79 Å². The zero-order chi connectivity index (χ0) is 13.4. The highest BCUT2D eigenvalue weighted by Crippen LogP contribution is 2.30. The number of rotatable bonds is 7. The lowest BCUT2D eigenvalue weighted by atomic mass is 9.84. The van der Waals surface area contributed by atoms with Crippen molar-refractivity contribution in [3.05, 3.63) is 12.2 Å². The summed E-state index contributed by atoms with van der Waals surface area (Å²) < 4.78 is 5.41. The quantitative estimate of drug-likeness (QED) is 0.375. The Morgan fingerprint density at radius 3 is 2.39 bits per heavy atom. The van der Waals surface area contributed by atoms with Crippen LogP contribution in [-0.2, 0) is 9.53 Å². The molecule has 0 aromatic rings. The first-order valence-electron chi connectivity index (χ1n) is 7.50. The van der Waals surface area contributed by atoms with Crippen LogP contribution in [0.3, 0.4) is 0 Å². The lowest BCUT2D eigenvalue weighted by Gasteiger charge is -2.28. The number of unbranched alkanes of at least 4 members (excludes halogenated alkanes) is 3. The molecule has 0 unspecified atom stereocenters. The van der Waals surface area contributed by atoms with Gasteiger partial charge in [0.15, 0.2) is 0 Å². The lowest BCUT2D eigenvalue weighted by Crippen LogP contribution is -2.24. The number of carbonyl (C=O) groups excluding carboxylic acids is 1. The van der Waals surface area contributed by atoms with E-state index in [-0.39, 0.29) is 12.1 Å². The molecule has 0 bridgehead atoms. The van der Waals surface area contributed by atoms with Gasteiger partial charge in [-0.2, -0.15) is 0 Å². The van der Waals surface area contributed by atoms with Gasteiger partial charge in [0.05, 0.1) is 0 Å². The van der Waals surface area contributed by atoms with Gasteiger partial charge in [-0.25, -0.2) is 4.79 Å². The highest BCUT2D eigenvalue weighted by molar-refractivity contribution is 5.87. The Labute approximate surface area is 112 Å². The summed E-state index contributed by atoms with van der Waals surface area (Å²) in [6.07, 6.45) is 11.4. The van der Waals surface area contributed by atoms with Gasteiger partial charge in [0, 0.05) is 5.57 Å². The van der Waals surface area contributed by atoms with Crippen LogP contribution < -0.4 is 0 Å². The third-order valence-corrected chi connectivity index (χ3v) is 3.88. The normalized spacial score (nSPS) is 23.7. The number of carbonyl (C=O) groups is 1. The molecule has 0 radical (unpaired) electrons. The van der Waals surface area contributed by atoms with Gasteiger partial charge in [0.2, 0.25) is 0 Å². The molecule has 104 valence electrons. The Balaban J connectivity index is 2.12. The van der Waals surface area contributed by atoms with Crippen LogP contribution in [0.1, 0.15) is 71.6 Å². The fourth-order valence-electron chi connectivity index (χ4n) is 2.65.